The molecule has 3 aromatic rings. The number of hydrogen-bond donors (Lipinski definition) is 1. The molecule has 3 rings (SSSR count). The second kappa shape index (κ2) is 10.0. The average Bonchev–Trinajstić information content (AvgIpc) is 2.77. The fourth-order valence-electron chi connectivity index (χ4n) is 2.67. The molecule has 29 heavy (non-hydrogen) atoms. The van der Waals surface area contributed by atoms with Gasteiger partial charge in [0.15, 0.2) is 0 Å². The summed E-state index contributed by atoms with van der Waals surface area (Å²) in [6.07, 6.45) is -0.511. The summed E-state index contributed by atoms with van der Waals surface area (Å²) in [5.74, 6) is 7.02. The molecule has 4 heteroatoms. The summed E-state index contributed by atoms with van der Waals surface area (Å²) < 4.78 is 10.5. The Morgan fingerprint density at radius 2 is 1.66 bits per heavy atom. The molecule has 1 atom stereocenters. The number of hydrogen-bond acceptors (Lipinski definition) is 3. The predicted molar refractivity (Wildman–Crippen MR) is 114 cm³/mol. The van der Waals surface area contributed by atoms with E-state index in [4.69, 9.17) is 9.47 Å². The van der Waals surface area contributed by atoms with Gasteiger partial charge in [-0.05, 0) is 42.3 Å². The zero-order valence-corrected chi connectivity index (χ0v) is 16.5. The number of carbonyl (C=O) groups is 1. The minimum atomic E-state index is -0.511. The van der Waals surface area contributed by atoms with Gasteiger partial charge in [0.1, 0.15) is 18.4 Å². The monoisotopic (exact) mass is 385 g/mol. The van der Waals surface area contributed by atoms with Crippen molar-refractivity contribution < 1.29 is 14.3 Å². The molecule has 0 heterocycles. The summed E-state index contributed by atoms with van der Waals surface area (Å²) in [4.78, 5) is 12.3. The van der Waals surface area contributed by atoms with Gasteiger partial charge in [-0.3, -0.25) is 0 Å². The van der Waals surface area contributed by atoms with Crippen LogP contribution in [0.5, 0.6) is 5.75 Å². The van der Waals surface area contributed by atoms with Gasteiger partial charge in [-0.25, -0.2) is 4.79 Å². The lowest BCUT2D eigenvalue weighted by Crippen LogP contribution is -2.28. The molecule has 0 saturated heterocycles. The number of aryl methyl sites for hydroxylation is 1. The van der Waals surface area contributed by atoms with Gasteiger partial charge in [0.2, 0.25) is 0 Å². The fraction of sp³-hybridized carbons (Fsp3) is 0.160. The van der Waals surface area contributed by atoms with Crippen LogP contribution in [0.2, 0.25) is 0 Å². The maximum Gasteiger partial charge on any atom is 0.408 e. The molecule has 0 spiro atoms. The van der Waals surface area contributed by atoms with Gasteiger partial charge in [-0.1, -0.05) is 72.0 Å². The molecule has 0 saturated carbocycles. The average molecular weight is 385 g/mol. The second-order valence-electron chi connectivity index (χ2n) is 6.55. The molecule has 3 aromatic carbocycles. The van der Waals surface area contributed by atoms with Crippen LogP contribution in [0.15, 0.2) is 78.9 Å². The Morgan fingerprint density at radius 1 is 0.966 bits per heavy atom. The van der Waals surface area contributed by atoms with Crippen molar-refractivity contribution in [3.8, 4) is 17.6 Å². The Bertz CT molecular complexity index is 984. The van der Waals surface area contributed by atoms with Gasteiger partial charge in [0, 0.05) is 5.56 Å². The summed E-state index contributed by atoms with van der Waals surface area (Å²) in [6, 6.07) is 24.5. The first kappa shape index (κ1) is 20.0. The molecule has 0 unspecified atom stereocenters. The van der Waals surface area contributed by atoms with Gasteiger partial charge in [-0.2, -0.15) is 0 Å². The van der Waals surface area contributed by atoms with E-state index in [0.717, 1.165) is 28.0 Å². The van der Waals surface area contributed by atoms with Crippen molar-refractivity contribution in [2.24, 2.45) is 0 Å². The largest absolute Gasteiger partial charge is 0.497 e. The molecule has 0 radical (unpaired) electrons. The normalized spacial score (nSPS) is 11.0. The lowest BCUT2D eigenvalue weighted by atomic mass is 10.1. The van der Waals surface area contributed by atoms with Crippen LogP contribution in [0.25, 0.3) is 0 Å². The number of rotatable bonds is 5. The number of methoxy groups -OCH3 is 1. The third kappa shape index (κ3) is 6.15. The van der Waals surface area contributed by atoms with E-state index >= 15 is 0 Å². The van der Waals surface area contributed by atoms with Crippen molar-refractivity contribution in [1.82, 2.24) is 5.32 Å². The first-order valence-electron chi connectivity index (χ1n) is 9.33. The standard InChI is InChI=1S/C25H23NO3/c1-19-8-13-22(14-9-19)24(17-12-20-10-15-23(28-2)16-11-20)26-25(27)29-18-21-6-4-3-5-7-21/h3-11,13-16,24H,18H2,1-2H3,(H,26,27)/t24-/m1/s1. The summed E-state index contributed by atoms with van der Waals surface area (Å²) in [5.41, 5.74) is 3.80. The lowest BCUT2D eigenvalue weighted by Gasteiger charge is -2.14. The lowest BCUT2D eigenvalue weighted by molar-refractivity contribution is 0.138. The highest BCUT2D eigenvalue weighted by atomic mass is 16.5. The van der Waals surface area contributed by atoms with Gasteiger partial charge in [0.05, 0.1) is 7.11 Å². The Morgan fingerprint density at radius 3 is 2.31 bits per heavy atom. The van der Waals surface area contributed by atoms with Crippen LogP contribution in [0.1, 0.15) is 28.3 Å². The quantitative estimate of drug-likeness (QED) is 0.627. The molecule has 0 bridgehead atoms. The zero-order chi connectivity index (χ0) is 20.5. The molecule has 0 aliphatic heterocycles. The molecule has 4 nitrogen and oxygen atoms in total. The van der Waals surface area contributed by atoms with Gasteiger partial charge in [-0.15, -0.1) is 0 Å². The number of amides is 1. The smallest absolute Gasteiger partial charge is 0.408 e. The molecular formula is C25H23NO3. The Labute approximate surface area is 171 Å². The fourth-order valence-corrected chi connectivity index (χ4v) is 2.67. The van der Waals surface area contributed by atoms with Crippen molar-refractivity contribution in [2.75, 3.05) is 7.11 Å². The van der Waals surface area contributed by atoms with Crippen LogP contribution < -0.4 is 10.1 Å². The van der Waals surface area contributed by atoms with Gasteiger partial charge >= 0.3 is 6.09 Å². The number of carbonyl (C=O) groups excluding carboxylic acids is 1. The Kier molecular flexibility index (Phi) is 6.91. The van der Waals surface area contributed by atoms with E-state index in [1.807, 2.05) is 85.8 Å². The molecule has 0 aromatic heterocycles. The van der Waals surface area contributed by atoms with Crippen LogP contribution in [-0.4, -0.2) is 13.2 Å². The van der Waals surface area contributed by atoms with Gasteiger partial charge in [0.25, 0.3) is 0 Å². The topological polar surface area (TPSA) is 47.6 Å². The maximum atomic E-state index is 12.3. The molecule has 0 aliphatic rings. The Hall–Kier alpha value is -3.71. The van der Waals surface area contributed by atoms with E-state index in [9.17, 15) is 4.79 Å². The SMILES string of the molecule is COc1ccc(C#C[C@@H](NC(=O)OCc2ccccc2)c2ccc(C)cc2)cc1. The maximum absolute atomic E-state index is 12.3. The van der Waals surface area contributed by atoms with Crippen molar-refractivity contribution in [1.29, 1.82) is 0 Å². The predicted octanol–water partition coefficient (Wildman–Crippen LogP) is 5.02. The highest BCUT2D eigenvalue weighted by molar-refractivity contribution is 5.68. The van der Waals surface area contributed by atoms with Crippen molar-refractivity contribution >= 4 is 6.09 Å². The Balaban J connectivity index is 1.73. The van der Waals surface area contributed by atoms with Crippen molar-refractivity contribution in [3.05, 3.63) is 101 Å². The third-order valence-electron chi connectivity index (χ3n) is 4.34. The number of nitrogens with one attached hydrogen (secondary N) is 1. The second-order valence-corrected chi connectivity index (χ2v) is 6.55. The summed E-state index contributed by atoms with van der Waals surface area (Å²) in [7, 11) is 1.62. The molecule has 1 N–H and O–H groups in total. The molecule has 146 valence electrons. The first-order valence-corrected chi connectivity index (χ1v) is 9.33. The highest BCUT2D eigenvalue weighted by Gasteiger charge is 2.13. The molecular weight excluding hydrogens is 362 g/mol. The van der Waals surface area contributed by atoms with E-state index in [0.29, 0.717) is 0 Å². The molecule has 1 amide bonds. The van der Waals surface area contributed by atoms with Crippen molar-refractivity contribution in [2.45, 2.75) is 19.6 Å². The van der Waals surface area contributed by atoms with E-state index < -0.39 is 12.1 Å². The van der Waals surface area contributed by atoms with Crippen molar-refractivity contribution in [3.63, 3.8) is 0 Å². The minimum absolute atomic E-state index is 0.208. The summed E-state index contributed by atoms with van der Waals surface area (Å²) >= 11 is 0. The molecule has 0 fully saturated rings. The number of ether oxygens (including phenoxy) is 2. The van der Waals surface area contributed by atoms with E-state index in [-0.39, 0.29) is 6.61 Å². The van der Waals surface area contributed by atoms with E-state index in [1.165, 1.54) is 0 Å². The van der Waals surface area contributed by atoms with Crippen LogP contribution in [0.3, 0.4) is 0 Å². The van der Waals surface area contributed by atoms with Gasteiger partial charge < -0.3 is 14.8 Å². The zero-order valence-electron chi connectivity index (χ0n) is 16.5. The number of alkyl carbamates (subject to hydrolysis) is 1. The highest BCUT2D eigenvalue weighted by Crippen LogP contribution is 2.15. The van der Waals surface area contributed by atoms with E-state index in [2.05, 4.69) is 17.2 Å². The van der Waals surface area contributed by atoms with Crippen LogP contribution in [-0.2, 0) is 11.3 Å². The van der Waals surface area contributed by atoms with Crippen LogP contribution in [0, 0.1) is 18.8 Å². The summed E-state index contributed by atoms with van der Waals surface area (Å²) in [5, 5.41) is 2.86. The summed E-state index contributed by atoms with van der Waals surface area (Å²) in [6.45, 7) is 2.22. The first-order chi connectivity index (χ1) is 14.1. The number of benzene rings is 3. The van der Waals surface area contributed by atoms with E-state index in [1.54, 1.807) is 7.11 Å². The minimum Gasteiger partial charge on any atom is -0.497 e. The molecule has 0 aliphatic carbocycles. The van der Waals surface area contributed by atoms with Crippen LogP contribution >= 0.6 is 0 Å². The van der Waals surface area contributed by atoms with Crippen LogP contribution in [0.4, 0.5) is 4.79 Å². The third-order valence-corrected chi connectivity index (χ3v) is 4.34.